The minimum atomic E-state index is 0. The summed E-state index contributed by atoms with van der Waals surface area (Å²) >= 11 is 1.73. The molecule has 2 N–H and O–H groups in total. The van der Waals surface area contributed by atoms with Crippen molar-refractivity contribution in [2.45, 2.75) is 33.6 Å². The Hall–Kier alpha value is -0.410. The van der Waals surface area contributed by atoms with Crippen molar-refractivity contribution in [1.82, 2.24) is 15.6 Å². The maximum atomic E-state index is 5.30. The highest BCUT2D eigenvalue weighted by Gasteiger charge is 1.99. The number of halogens is 1. The van der Waals surface area contributed by atoms with E-state index in [1.165, 1.54) is 5.01 Å². The first-order chi connectivity index (χ1) is 9.76. The summed E-state index contributed by atoms with van der Waals surface area (Å²) < 4.78 is 5.30. The summed E-state index contributed by atoms with van der Waals surface area (Å²) in [5.41, 5.74) is 1.11. The van der Waals surface area contributed by atoms with E-state index in [-0.39, 0.29) is 24.0 Å². The Balaban J connectivity index is 0.00000400. The van der Waals surface area contributed by atoms with Crippen molar-refractivity contribution in [3.63, 3.8) is 0 Å². The molecule has 0 bridgehead atoms. The molecule has 1 aromatic rings. The van der Waals surface area contributed by atoms with Crippen molar-refractivity contribution >= 4 is 41.3 Å². The third-order valence-corrected chi connectivity index (χ3v) is 3.60. The smallest absolute Gasteiger partial charge is 0.191 e. The van der Waals surface area contributed by atoms with Crippen LogP contribution < -0.4 is 10.6 Å². The predicted molar refractivity (Wildman–Crippen MR) is 101 cm³/mol. The first-order valence-electron chi connectivity index (χ1n) is 7.27. The lowest BCUT2D eigenvalue weighted by atomic mass is 10.3. The fourth-order valence-electron chi connectivity index (χ4n) is 1.67. The van der Waals surface area contributed by atoms with Gasteiger partial charge in [0.2, 0.25) is 0 Å². The van der Waals surface area contributed by atoms with Gasteiger partial charge in [0.25, 0.3) is 0 Å². The Morgan fingerprint density at radius 3 is 2.81 bits per heavy atom. The Morgan fingerprint density at radius 1 is 1.38 bits per heavy atom. The highest BCUT2D eigenvalue weighted by molar-refractivity contribution is 14.0. The highest BCUT2D eigenvalue weighted by Crippen LogP contribution is 2.10. The van der Waals surface area contributed by atoms with E-state index in [9.17, 15) is 0 Å². The van der Waals surface area contributed by atoms with Gasteiger partial charge in [-0.2, -0.15) is 0 Å². The van der Waals surface area contributed by atoms with Crippen molar-refractivity contribution < 1.29 is 4.74 Å². The first-order valence-corrected chi connectivity index (χ1v) is 8.15. The third-order valence-electron chi connectivity index (χ3n) is 2.57. The van der Waals surface area contributed by atoms with E-state index in [0.717, 1.165) is 50.7 Å². The van der Waals surface area contributed by atoms with Crippen molar-refractivity contribution in [3.05, 3.63) is 16.1 Å². The second kappa shape index (κ2) is 13.3. The summed E-state index contributed by atoms with van der Waals surface area (Å²) in [7, 11) is 0. The topological polar surface area (TPSA) is 58.5 Å². The molecule has 0 unspecified atom stereocenters. The highest BCUT2D eigenvalue weighted by atomic mass is 127. The van der Waals surface area contributed by atoms with Gasteiger partial charge in [0, 0.05) is 43.7 Å². The second-order valence-corrected chi connectivity index (χ2v) is 5.31. The number of thiazole rings is 1. The quantitative estimate of drug-likeness (QED) is 0.276. The van der Waals surface area contributed by atoms with Gasteiger partial charge < -0.3 is 15.4 Å². The molecule has 0 atom stereocenters. The molecule has 0 radical (unpaired) electrons. The first kappa shape index (κ1) is 20.6. The Labute approximate surface area is 149 Å². The SMILES string of the molecule is CCNC(=NCCCc1nc(C)cs1)NCCOCC.I. The molecule has 0 aliphatic rings. The van der Waals surface area contributed by atoms with Crippen molar-refractivity contribution in [1.29, 1.82) is 0 Å². The molecule has 0 amide bonds. The van der Waals surface area contributed by atoms with E-state index in [0.29, 0.717) is 6.61 Å². The van der Waals surface area contributed by atoms with E-state index in [4.69, 9.17) is 4.74 Å². The standard InChI is InChI=1S/C14H26N4OS.HI/c1-4-15-14(17-9-10-19-5-2)16-8-6-7-13-18-12(3)11-20-13;/h11H,4-10H2,1-3H3,(H2,15,16,17);1H. The van der Waals surface area contributed by atoms with Gasteiger partial charge in [-0.3, -0.25) is 4.99 Å². The van der Waals surface area contributed by atoms with Gasteiger partial charge >= 0.3 is 0 Å². The van der Waals surface area contributed by atoms with Gasteiger partial charge in [-0.25, -0.2) is 4.98 Å². The van der Waals surface area contributed by atoms with E-state index >= 15 is 0 Å². The summed E-state index contributed by atoms with van der Waals surface area (Å²) in [5.74, 6) is 0.863. The second-order valence-electron chi connectivity index (χ2n) is 4.37. The van der Waals surface area contributed by atoms with E-state index in [1.54, 1.807) is 11.3 Å². The number of nitrogens with one attached hydrogen (secondary N) is 2. The molecule has 21 heavy (non-hydrogen) atoms. The van der Waals surface area contributed by atoms with Crippen LogP contribution in [0.1, 0.15) is 31.0 Å². The molecule has 7 heteroatoms. The van der Waals surface area contributed by atoms with Gasteiger partial charge in [-0.1, -0.05) is 0 Å². The minimum Gasteiger partial charge on any atom is -0.380 e. The van der Waals surface area contributed by atoms with Crippen LogP contribution in [-0.4, -0.2) is 43.8 Å². The van der Waals surface area contributed by atoms with Crippen LogP contribution in [-0.2, 0) is 11.2 Å². The zero-order valence-electron chi connectivity index (χ0n) is 13.1. The van der Waals surface area contributed by atoms with E-state index in [2.05, 4.69) is 32.9 Å². The summed E-state index contributed by atoms with van der Waals surface area (Å²) in [6.45, 7) is 10.0. The molecule has 1 rings (SSSR count). The minimum absolute atomic E-state index is 0. The predicted octanol–water partition coefficient (Wildman–Crippen LogP) is 2.59. The summed E-state index contributed by atoms with van der Waals surface area (Å²) in [6.07, 6.45) is 2.02. The van der Waals surface area contributed by atoms with E-state index < -0.39 is 0 Å². The largest absolute Gasteiger partial charge is 0.380 e. The van der Waals surface area contributed by atoms with Gasteiger partial charge in [0.1, 0.15) is 0 Å². The average Bonchev–Trinajstić information content (AvgIpc) is 2.85. The molecule has 0 aliphatic carbocycles. The Bertz CT molecular complexity index is 398. The lowest BCUT2D eigenvalue weighted by molar-refractivity contribution is 0.152. The molecule has 0 spiro atoms. The number of guanidine groups is 1. The van der Waals surface area contributed by atoms with Crippen LogP contribution >= 0.6 is 35.3 Å². The third kappa shape index (κ3) is 10.0. The molecule has 1 aromatic heterocycles. The maximum Gasteiger partial charge on any atom is 0.191 e. The van der Waals surface area contributed by atoms with Crippen molar-refractivity contribution in [2.24, 2.45) is 4.99 Å². The zero-order chi connectivity index (χ0) is 14.6. The Morgan fingerprint density at radius 2 is 2.19 bits per heavy atom. The molecule has 5 nitrogen and oxygen atoms in total. The Kier molecular flexibility index (Phi) is 13.0. The van der Waals surface area contributed by atoms with Gasteiger partial charge in [-0.15, -0.1) is 35.3 Å². The number of ether oxygens (including phenoxy) is 1. The number of aliphatic imine (C=N–C) groups is 1. The molecule has 122 valence electrons. The molecule has 0 saturated heterocycles. The average molecular weight is 426 g/mol. The van der Waals surface area contributed by atoms with Crippen molar-refractivity contribution in [3.8, 4) is 0 Å². The van der Waals surface area contributed by atoms with Crippen LogP contribution in [0.15, 0.2) is 10.4 Å². The molecular formula is C14H27IN4OS. The van der Waals surface area contributed by atoms with Gasteiger partial charge in [0.05, 0.1) is 11.6 Å². The van der Waals surface area contributed by atoms with Crippen LogP contribution in [0.2, 0.25) is 0 Å². The lowest BCUT2D eigenvalue weighted by Crippen LogP contribution is -2.39. The fraction of sp³-hybridized carbons (Fsp3) is 0.714. The van der Waals surface area contributed by atoms with Crippen LogP contribution in [0.5, 0.6) is 0 Å². The number of aromatic nitrogens is 1. The summed E-state index contributed by atoms with van der Waals surface area (Å²) in [6, 6.07) is 0. The molecule has 0 aliphatic heterocycles. The number of nitrogens with zero attached hydrogens (tertiary/aromatic N) is 2. The van der Waals surface area contributed by atoms with Crippen molar-refractivity contribution in [2.75, 3.05) is 32.8 Å². The van der Waals surface area contributed by atoms with Crippen LogP contribution in [0.4, 0.5) is 0 Å². The number of hydrogen-bond acceptors (Lipinski definition) is 4. The van der Waals surface area contributed by atoms with Crippen LogP contribution in [0.25, 0.3) is 0 Å². The van der Waals surface area contributed by atoms with Gasteiger partial charge in [-0.05, 0) is 27.2 Å². The van der Waals surface area contributed by atoms with Crippen LogP contribution in [0, 0.1) is 6.92 Å². The monoisotopic (exact) mass is 426 g/mol. The van der Waals surface area contributed by atoms with Crippen LogP contribution in [0.3, 0.4) is 0 Å². The maximum absolute atomic E-state index is 5.30. The number of aryl methyl sites for hydroxylation is 2. The van der Waals surface area contributed by atoms with Gasteiger partial charge in [0.15, 0.2) is 5.96 Å². The normalized spacial score (nSPS) is 11.1. The van der Waals surface area contributed by atoms with E-state index in [1.807, 2.05) is 13.8 Å². The molecule has 1 heterocycles. The molecule has 0 fully saturated rings. The zero-order valence-corrected chi connectivity index (χ0v) is 16.3. The lowest BCUT2D eigenvalue weighted by Gasteiger charge is -2.10. The molecule has 0 aromatic carbocycles. The number of rotatable bonds is 9. The summed E-state index contributed by atoms with van der Waals surface area (Å²) in [5, 5.41) is 9.79. The molecular weight excluding hydrogens is 399 g/mol. The number of hydrogen-bond donors (Lipinski definition) is 2. The fourth-order valence-corrected chi connectivity index (χ4v) is 2.48. The molecule has 0 saturated carbocycles. The summed E-state index contributed by atoms with van der Waals surface area (Å²) in [4.78, 5) is 9.00.